The summed E-state index contributed by atoms with van der Waals surface area (Å²) in [5, 5.41) is 4.96. The molecule has 19 heavy (non-hydrogen) atoms. The fourth-order valence-corrected chi connectivity index (χ4v) is 3.72. The monoisotopic (exact) mass is 281 g/mol. The molecule has 0 aromatic carbocycles. The SMILES string of the molecule is Cc1nc(CN2CCCNC(CC(C)C)C2)sc1C. The molecular formula is C15H27N3S. The van der Waals surface area contributed by atoms with E-state index in [1.165, 1.54) is 35.0 Å². The van der Waals surface area contributed by atoms with Gasteiger partial charge in [-0.3, -0.25) is 4.90 Å². The molecular weight excluding hydrogens is 254 g/mol. The topological polar surface area (TPSA) is 28.2 Å². The molecule has 3 nitrogen and oxygen atoms in total. The molecule has 1 aromatic heterocycles. The van der Waals surface area contributed by atoms with Gasteiger partial charge in [-0.25, -0.2) is 4.98 Å². The Morgan fingerprint density at radius 2 is 2.21 bits per heavy atom. The lowest BCUT2D eigenvalue weighted by molar-refractivity contribution is 0.247. The Balaban J connectivity index is 1.94. The normalized spacial score (nSPS) is 21.8. The Morgan fingerprint density at radius 1 is 1.42 bits per heavy atom. The molecule has 0 bridgehead atoms. The third-order valence-electron chi connectivity index (χ3n) is 3.75. The lowest BCUT2D eigenvalue weighted by Crippen LogP contribution is -2.38. The lowest BCUT2D eigenvalue weighted by Gasteiger charge is -2.24. The fraction of sp³-hybridized carbons (Fsp3) is 0.800. The van der Waals surface area contributed by atoms with Gasteiger partial charge in [0.2, 0.25) is 0 Å². The maximum atomic E-state index is 4.68. The van der Waals surface area contributed by atoms with Crippen molar-refractivity contribution in [3.8, 4) is 0 Å². The van der Waals surface area contributed by atoms with Crippen LogP contribution in [0.4, 0.5) is 0 Å². The number of nitrogens with zero attached hydrogens (tertiary/aromatic N) is 2. The summed E-state index contributed by atoms with van der Waals surface area (Å²) in [6.45, 7) is 13.4. The van der Waals surface area contributed by atoms with Crippen LogP contribution in [0.1, 0.15) is 42.3 Å². The van der Waals surface area contributed by atoms with Gasteiger partial charge in [0.25, 0.3) is 0 Å². The van der Waals surface area contributed by atoms with Gasteiger partial charge >= 0.3 is 0 Å². The van der Waals surface area contributed by atoms with Crippen LogP contribution < -0.4 is 5.32 Å². The van der Waals surface area contributed by atoms with E-state index in [0.717, 1.165) is 25.6 Å². The Morgan fingerprint density at radius 3 is 2.84 bits per heavy atom. The van der Waals surface area contributed by atoms with Gasteiger partial charge in [-0.1, -0.05) is 13.8 Å². The molecule has 2 heterocycles. The minimum absolute atomic E-state index is 0.643. The maximum Gasteiger partial charge on any atom is 0.107 e. The van der Waals surface area contributed by atoms with Crippen LogP contribution in [0.15, 0.2) is 0 Å². The first kappa shape index (κ1) is 14.9. The van der Waals surface area contributed by atoms with Gasteiger partial charge in [0.05, 0.1) is 12.2 Å². The second-order valence-electron chi connectivity index (χ2n) is 6.12. The quantitative estimate of drug-likeness (QED) is 0.919. The third-order valence-corrected chi connectivity index (χ3v) is 4.81. The van der Waals surface area contributed by atoms with E-state index in [9.17, 15) is 0 Å². The first-order valence-corrected chi connectivity index (χ1v) is 8.25. The Bertz CT molecular complexity index is 381. The molecule has 2 rings (SSSR count). The number of thiazole rings is 1. The number of rotatable bonds is 4. The smallest absolute Gasteiger partial charge is 0.107 e. The number of hydrogen-bond acceptors (Lipinski definition) is 4. The minimum atomic E-state index is 0.643. The van der Waals surface area contributed by atoms with Crippen molar-refractivity contribution in [2.75, 3.05) is 19.6 Å². The van der Waals surface area contributed by atoms with Crippen molar-refractivity contribution in [1.82, 2.24) is 15.2 Å². The molecule has 0 amide bonds. The van der Waals surface area contributed by atoms with E-state index >= 15 is 0 Å². The van der Waals surface area contributed by atoms with Gasteiger partial charge < -0.3 is 5.32 Å². The average molecular weight is 281 g/mol. The van der Waals surface area contributed by atoms with E-state index in [0.29, 0.717) is 6.04 Å². The van der Waals surface area contributed by atoms with E-state index in [1.54, 1.807) is 0 Å². The van der Waals surface area contributed by atoms with E-state index < -0.39 is 0 Å². The van der Waals surface area contributed by atoms with Crippen molar-refractivity contribution in [2.45, 2.75) is 53.1 Å². The van der Waals surface area contributed by atoms with Crippen molar-refractivity contribution < 1.29 is 0 Å². The van der Waals surface area contributed by atoms with E-state index in [1.807, 2.05) is 11.3 Å². The molecule has 1 N–H and O–H groups in total. The molecule has 1 saturated heterocycles. The predicted octanol–water partition coefficient (Wildman–Crippen LogP) is 2.97. The first-order chi connectivity index (χ1) is 9.04. The zero-order valence-electron chi connectivity index (χ0n) is 12.7. The van der Waals surface area contributed by atoms with Crippen molar-refractivity contribution in [3.05, 3.63) is 15.6 Å². The molecule has 0 aliphatic carbocycles. The highest BCUT2D eigenvalue weighted by molar-refractivity contribution is 7.11. The Hall–Kier alpha value is -0.450. The number of nitrogens with one attached hydrogen (secondary N) is 1. The van der Waals surface area contributed by atoms with Crippen LogP contribution >= 0.6 is 11.3 Å². The molecule has 1 aliphatic rings. The largest absolute Gasteiger partial charge is 0.313 e. The van der Waals surface area contributed by atoms with Gasteiger partial charge in [-0.05, 0) is 45.7 Å². The van der Waals surface area contributed by atoms with Crippen LogP contribution in [-0.4, -0.2) is 35.6 Å². The summed E-state index contributed by atoms with van der Waals surface area (Å²) in [6, 6.07) is 0.643. The molecule has 4 heteroatoms. The van der Waals surface area contributed by atoms with Gasteiger partial charge in [0, 0.05) is 17.5 Å². The molecule has 0 spiro atoms. The highest BCUT2D eigenvalue weighted by Crippen LogP contribution is 2.19. The average Bonchev–Trinajstić information content (AvgIpc) is 2.50. The molecule has 108 valence electrons. The maximum absolute atomic E-state index is 4.68. The van der Waals surface area contributed by atoms with E-state index in [2.05, 4.69) is 42.9 Å². The predicted molar refractivity (Wildman–Crippen MR) is 82.7 cm³/mol. The van der Waals surface area contributed by atoms with Crippen molar-refractivity contribution >= 4 is 11.3 Å². The zero-order valence-corrected chi connectivity index (χ0v) is 13.5. The number of aryl methyl sites for hydroxylation is 2. The van der Waals surface area contributed by atoms with Crippen molar-refractivity contribution in [3.63, 3.8) is 0 Å². The summed E-state index contributed by atoms with van der Waals surface area (Å²) in [7, 11) is 0. The van der Waals surface area contributed by atoms with Crippen LogP contribution in [0.3, 0.4) is 0 Å². The summed E-state index contributed by atoms with van der Waals surface area (Å²) in [5.74, 6) is 0.766. The van der Waals surface area contributed by atoms with Crippen LogP contribution in [0.5, 0.6) is 0 Å². The third kappa shape index (κ3) is 4.55. The second-order valence-corrected chi connectivity index (χ2v) is 7.41. The van der Waals surface area contributed by atoms with Gasteiger partial charge in [0.1, 0.15) is 5.01 Å². The molecule has 0 radical (unpaired) electrons. The van der Waals surface area contributed by atoms with Crippen molar-refractivity contribution in [2.24, 2.45) is 5.92 Å². The summed E-state index contributed by atoms with van der Waals surface area (Å²) in [5.41, 5.74) is 1.20. The summed E-state index contributed by atoms with van der Waals surface area (Å²) in [6.07, 6.45) is 2.52. The van der Waals surface area contributed by atoms with Crippen LogP contribution in [0.2, 0.25) is 0 Å². The second kappa shape index (κ2) is 6.82. The summed E-state index contributed by atoms with van der Waals surface area (Å²) in [4.78, 5) is 8.61. The molecule has 1 unspecified atom stereocenters. The molecule has 0 saturated carbocycles. The molecule has 1 aliphatic heterocycles. The van der Waals surface area contributed by atoms with Crippen LogP contribution in [0, 0.1) is 19.8 Å². The van der Waals surface area contributed by atoms with Gasteiger partial charge in [-0.2, -0.15) is 0 Å². The Labute approximate surface area is 121 Å². The lowest BCUT2D eigenvalue weighted by atomic mass is 10.0. The first-order valence-electron chi connectivity index (χ1n) is 7.43. The zero-order chi connectivity index (χ0) is 13.8. The highest BCUT2D eigenvalue weighted by atomic mass is 32.1. The van der Waals surface area contributed by atoms with Crippen LogP contribution in [0.25, 0.3) is 0 Å². The summed E-state index contributed by atoms with van der Waals surface area (Å²) >= 11 is 1.86. The van der Waals surface area contributed by atoms with E-state index in [4.69, 9.17) is 0 Å². The minimum Gasteiger partial charge on any atom is -0.313 e. The van der Waals surface area contributed by atoms with Gasteiger partial charge in [0.15, 0.2) is 0 Å². The Kier molecular flexibility index (Phi) is 5.37. The van der Waals surface area contributed by atoms with Crippen LogP contribution in [-0.2, 0) is 6.54 Å². The standard InChI is InChI=1S/C15H27N3S/c1-11(2)8-14-9-18(7-5-6-16-14)10-15-17-12(3)13(4)19-15/h11,14,16H,5-10H2,1-4H3. The molecule has 1 fully saturated rings. The van der Waals surface area contributed by atoms with Crippen molar-refractivity contribution in [1.29, 1.82) is 0 Å². The number of aromatic nitrogens is 1. The fourth-order valence-electron chi connectivity index (χ4n) is 2.74. The highest BCUT2D eigenvalue weighted by Gasteiger charge is 2.19. The number of hydrogen-bond donors (Lipinski definition) is 1. The van der Waals surface area contributed by atoms with E-state index in [-0.39, 0.29) is 0 Å². The summed E-state index contributed by atoms with van der Waals surface area (Å²) < 4.78 is 0. The molecule has 1 aromatic rings. The van der Waals surface area contributed by atoms with Gasteiger partial charge in [-0.15, -0.1) is 11.3 Å². The molecule has 1 atom stereocenters.